The van der Waals surface area contributed by atoms with Crippen LogP contribution in [0.5, 0.6) is 0 Å². The quantitative estimate of drug-likeness (QED) is 0.322. The van der Waals surface area contributed by atoms with Crippen molar-refractivity contribution in [3.05, 3.63) is 0 Å². The fourth-order valence-electron chi connectivity index (χ4n) is 1.45. The number of hydrogen-bond donors (Lipinski definition) is 2. The van der Waals surface area contributed by atoms with Crippen molar-refractivity contribution < 1.29 is 10.0 Å². The first-order valence-electron chi connectivity index (χ1n) is 6.08. The third-order valence-corrected chi connectivity index (χ3v) is 3.03. The van der Waals surface area contributed by atoms with Crippen LogP contribution in [0, 0.1) is 11.8 Å². The van der Waals surface area contributed by atoms with E-state index in [-0.39, 0.29) is 23.7 Å². The van der Waals surface area contributed by atoms with E-state index in [4.69, 9.17) is 10.9 Å². The maximum atomic E-state index is 12.2. The second-order valence-corrected chi connectivity index (χ2v) is 5.00. The van der Waals surface area contributed by atoms with Crippen LogP contribution in [-0.2, 0) is 4.79 Å². The zero-order valence-electron chi connectivity index (χ0n) is 11.5. The lowest BCUT2D eigenvalue weighted by Crippen LogP contribution is -2.43. The number of nitrogens with zero attached hydrogens (tertiary/aromatic N) is 2. The molecule has 0 aromatic carbocycles. The number of hydrogen-bond acceptors (Lipinski definition) is 3. The summed E-state index contributed by atoms with van der Waals surface area (Å²) in [6.07, 6.45) is 0.394. The van der Waals surface area contributed by atoms with Gasteiger partial charge in [-0.3, -0.25) is 4.79 Å². The Morgan fingerprint density at radius 3 is 2.18 bits per heavy atom. The summed E-state index contributed by atoms with van der Waals surface area (Å²) in [5.41, 5.74) is 5.42. The zero-order valence-corrected chi connectivity index (χ0v) is 11.5. The van der Waals surface area contributed by atoms with Crippen molar-refractivity contribution in [2.45, 2.75) is 47.1 Å². The molecule has 0 heterocycles. The molecule has 0 rings (SSSR count). The van der Waals surface area contributed by atoms with E-state index in [2.05, 4.69) is 5.16 Å². The fourth-order valence-corrected chi connectivity index (χ4v) is 1.45. The minimum atomic E-state index is -0.00955. The SMILES string of the molecule is CC(C)C(C)C(=O)N(CCC(N)=NO)C(C)C. The van der Waals surface area contributed by atoms with Gasteiger partial charge in [0.1, 0.15) is 5.84 Å². The average molecular weight is 243 g/mol. The molecule has 0 aliphatic rings. The van der Waals surface area contributed by atoms with Crippen LogP contribution in [0.1, 0.15) is 41.0 Å². The lowest BCUT2D eigenvalue weighted by molar-refractivity contribution is -0.137. The van der Waals surface area contributed by atoms with Gasteiger partial charge in [-0.15, -0.1) is 0 Å². The molecule has 100 valence electrons. The minimum Gasteiger partial charge on any atom is -0.409 e. The van der Waals surface area contributed by atoms with E-state index in [0.717, 1.165) is 0 Å². The molecule has 1 unspecified atom stereocenters. The topological polar surface area (TPSA) is 78.9 Å². The summed E-state index contributed by atoms with van der Waals surface area (Å²) in [5.74, 6) is 0.582. The van der Waals surface area contributed by atoms with Crippen LogP contribution >= 0.6 is 0 Å². The van der Waals surface area contributed by atoms with Gasteiger partial charge >= 0.3 is 0 Å². The average Bonchev–Trinajstić information content (AvgIpc) is 2.26. The van der Waals surface area contributed by atoms with Crippen molar-refractivity contribution in [3.8, 4) is 0 Å². The summed E-state index contributed by atoms with van der Waals surface area (Å²) < 4.78 is 0. The molecule has 0 spiro atoms. The highest BCUT2D eigenvalue weighted by Crippen LogP contribution is 2.15. The van der Waals surface area contributed by atoms with E-state index in [9.17, 15) is 4.79 Å². The third-order valence-electron chi connectivity index (χ3n) is 3.03. The standard InChI is InChI=1S/C12H25N3O2/c1-8(2)10(5)12(16)15(9(3)4)7-6-11(13)14-17/h8-10,17H,6-7H2,1-5H3,(H2,13,14). The predicted molar refractivity (Wildman–Crippen MR) is 68.9 cm³/mol. The summed E-state index contributed by atoms with van der Waals surface area (Å²) in [7, 11) is 0. The Morgan fingerprint density at radius 1 is 1.29 bits per heavy atom. The first-order chi connectivity index (χ1) is 7.81. The number of oxime groups is 1. The van der Waals surface area contributed by atoms with E-state index in [1.165, 1.54) is 0 Å². The van der Waals surface area contributed by atoms with Gasteiger partial charge in [0.15, 0.2) is 0 Å². The van der Waals surface area contributed by atoms with Crippen molar-refractivity contribution in [3.63, 3.8) is 0 Å². The normalized spacial score (nSPS) is 14.2. The molecular weight excluding hydrogens is 218 g/mol. The Kier molecular flexibility index (Phi) is 6.61. The van der Waals surface area contributed by atoms with Gasteiger partial charge < -0.3 is 15.8 Å². The Bertz CT molecular complexity index is 275. The predicted octanol–water partition coefficient (Wildman–Crippen LogP) is 1.65. The van der Waals surface area contributed by atoms with Gasteiger partial charge in [0.05, 0.1) is 0 Å². The van der Waals surface area contributed by atoms with Gasteiger partial charge in [-0.2, -0.15) is 0 Å². The first kappa shape index (κ1) is 15.7. The molecule has 0 saturated heterocycles. The second kappa shape index (κ2) is 7.14. The molecule has 5 nitrogen and oxygen atoms in total. The molecule has 0 aromatic heterocycles. The highest BCUT2D eigenvalue weighted by atomic mass is 16.4. The van der Waals surface area contributed by atoms with E-state index < -0.39 is 0 Å². The molecular formula is C12H25N3O2. The monoisotopic (exact) mass is 243 g/mol. The van der Waals surface area contributed by atoms with E-state index >= 15 is 0 Å². The molecule has 0 fully saturated rings. The van der Waals surface area contributed by atoms with Gasteiger partial charge in [0.25, 0.3) is 0 Å². The summed E-state index contributed by atoms with van der Waals surface area (Å²) in [6, 6.07) is 0.121. The molecule has 0 saturated carbocycles. The summed E-state index contributed by atoms with van der Waals surface area (Å²) >= 11 is 0. The van der Waals surface area contributed by atoms with Gasteiger partial charge in [0.2, 0.25) is 5.91 Å². The largest absolute Gasteiger partial charge is 0.409 e. The highest BCUT2D eigenvalue weighted by Gasteiger charge is 2.24. The van der Waals surface area contributed by atoms with Crippen LogP contribution in [0.3, 0.4) is 0 Å². The smallest absolute Gasteiger partial charge is 0.225 e. The Hall–Kier alpha value is -1.26. The second-order valence-electron chi connectivity index (χ2n) is 5.00. The molecule has 0 aliphatic heterocycles. The zero-order chi connectivity index (χ0) is 13.6. The molecule has 1 amide bonds. The van der Waals surface area contributed by atoms with Crippen molar-refractivity contribution >= 4 is 11.7 Å². The highest BCUT2D eigenvalue weighted by molar-refractivity contribution is 5.82. The van der Waals surface area contributed by atoms with Gasteiger partial charge in [-0.1, -0.05) is 25.9 Å². The lowest BCUT2D eigenvalue weighted by Gasteiger charge is -2.30. The molecule has 1 atom stereocenters. The van der Waals surface area contributed by atoms with Crippen LogP contribution in [0.2, 0.25) is 0 Å². The maximum Gasteiger partial charge on any atom is 0.225 e. The summed E-state index contributed by atoms with van der Waals surface area (Å²) in [6.45, 7) is 10.4. The van der Waals surface area contributed by atoms with Crippen LogP contribution < -0.4 is 5.73 Å². The maximum absolute atomic E-state index is 12.2. The molecule has 0 radical (unpaired) electrons. The van der Waals surface area contributed by atoms with E-state index in [1.807, 2.05) is 34.6 Å². The molecule has 0 aromatic rings. The Labute approximate surface area is 104 Å². The molecule has 0 bridgehead atoms. The molecule has 17 heavy (non-hydrogen) atoms. The van der Waals surface area contributed by atoms with Gasteiger partial charge in [0, 0.05) is 24.9 Å². The first-order valence-corrected chi connectivity index (χ1v) is 6.08. The number of amidine groups is 1. The Morgan fingerprint density at radius 2 is 1.82 bits per heavy atom. The molecule has 5 heteroatoms. The minimum absolute atomic E-state index is 0.00955. The number of amides is 1. The van der Waals surface area contributed by atoms with Crippen LogP contribution in [0.4, 0.5) is 0 Å². The third kappa shape index (κ3) is 5.06. The van der Waals surface area contributed by atoms with Crippen LogP contribution in [0.15, 0.2) is 5.16 Å². The number of carbonyl (C=O) groups is 1. The van der Waals surface area contributed by atoms with Crippen molar-refractivity contribution in [2.75, 3.05) is 6.54 Å². The summed E-state index contributed by atoms with van der Waals surface area (Å²) in [4.78, 5) is 14.0. The van der Waals surface area contributed by atoms with Crippen LogP contribution in [0.25, 0.3) is 0 Å². The van der Waals surface area contributed by atoms with E-state index in [1.54, 1.807) is 4.90 Å². The van der Waals surface area contributed by atoms with Crippen molar-refractivity contribution in [2.24, 2.45) is 22.7 Å². The van der Waals surface area contributed by atoms with Crippen LogP contribution in [-0.4, -0.2) is 34.4 Å². The Balaban J connectivity index is 4.58. The molecule has 3 N–H and O–H groups in total. The molecule has 0 aliphatic carbocycles. The fraction of sp³-hybridized carbons (Fsp3) is 0.833. The number of rotatable bonds is 6. The van der Waals surface area contributed by atoms with Crippen molar-refractivity contribution in [1.82, 2.24) is 4.90 Å². The van der Waals surface area contributed by atoms with Gasteiger partial charge in [-0.05, 0) is 19.8 Å². The lowest BCUT2D eigenvalue weighted by atomic mass is 9.96. The number of nitrogens with two attached hydrogens (primary N) is 1. The summed E-state index contributed by atoms with van der Waals surface area (Å²) in [5, 5.41) is 11.4. The van der Waals surface area contributed by atoms with Gasteiger partial charge in [-0.25, -0.2) is 0 Å². The van der Waals surface area contributed by atoms with Crippen molar-refractivity contribution in [1.29, 1.82) is 0 Å². The number of carbonyl (C=O) groups excluding carboxylic acids is 1. The van der Waals surface area contributed by atoms with E-state index in [0.29, 0.717) is 18.9 Å².